The molecule has 0 amide bonds. The van der Waals surface area contributed by atoms with E-state index in [1.54, 1.807) is 5.57 Å². The molecule has 1 aliphatic rings. The SMILES string of the molecule is CCC(C=C1CCCC1)CN. The first kappa shape index (κ1) is 8.79. The maximum absolute atomic E-state index is 5.62. The lowest BCUT2D eigenvalue weighted by molar-refractivity contribution is 0.633. The van der Waals surface area contributed by atoms with Gasteiger partial charge in [0, 0.05) is 0 Å². The standard InChI is InChI=1S/C10H19N/c1-2-9(8-11)7-10-5-3-4-6-10/h7,9H,2-6,8,11H2,1H3. The quantitative estimate of drug-likeness (QED) is 0.619. The van der Waals surface area contributed by atoms with E-state index in [0.29, 0.717) is 5.92 Å². The summed E-state index contributed by atoms with van der Waals surface area (Å²) >= 11 is 0. The zero-order valence-electron chi connectivity index (χ0n) is 7.47. The molecule has 1 fully saturated rings. The molecule has 0 aliphatic heterocycles. The minimum atomic E-state index is 0.642. The van der Waals surface area contributed by atoms with Crippen LogP contribution in [0.3, 0.4) is 0 Å². The zero-order chi connectivity index (χ0) is 8.10. The van der Waals surface area contributed by atoms with Crippen LogP contribution in [0.25, 0.3) is 0 Å². The van der Waals surface area contributed by atoms with Crippen LogP contribution in [0, 0.1) is 5.92 Å². The molecule has 0 aromatic carbocycles. The number of rotatable bonds is 3. The van der Waals surface area contributed by atoms with Crippen LogP contribution in [-0.4, -0.2) is 6.54 Å². The molecule has 1 atom stereocenters. The summed E-state index contributed by atoms with van der Waals surface area (Å²) in [6, 6.07) is 0. The lowest BCUT2D eigenvalue weighted by atomic mass is 10.0. The van der Waals surface area contributed by atoms with Crippen molar-refractivity contribution >= 4 is 0 Å². The van der Waals surface area contributed by atoms with Gasteiger partial charge in [-0.15, -0.1) is 0 Å². The predicted molar refractivity (Wildman–Crippen MR) is 49.4 cm³/mol. The van der Waals surface area contributed by atoms with Crippen LogP contribution in [0.1, 0.15) is 39.0 Å². The van der Waals surface area contributed by atoms with Crippen LogP contribution in [0.2, 0.25) is 0 Å². The monoisotopic (exact) mass is 153 g/mol. The van der Waals surface area contributed by atoms with Crippen molar-refractivity contribution in [2.45, 2.75) is 39.0 Å². The van der Waals surface area contributed by atoms with Gasteiger partial charge in [0.2, 0.25) is 0 Å². The van der Waals surface area contributed by atoms with Crippen LogP contribution in [0.15, 0.2) is 11.6 Å². The lowest BCUT2D eigenvalue weighted by Gasteiger charge is -2.07. The molecule has 1 rings (SSSR count). The molecule has 0 saturated heterocycles. The van der Waals surface area contributed by atoms with E-state index in [1.807, 2.05) is 0 Å². The third-order valence-corrected chi connectivity index (χ3v) is 2.54. The van der Waals surface area contributed by atoms with E-state index in [9.17, 15) is 0 Å². The maximum atomic E-state index is 5.62. The second-order valence-corrected chi connectivity index (χ2v) is 3.44. The van der Waals surface area contributed by atoms with Gasteiger partial charge in [0.25, 0.3) is 0 Å². The lowest BCUT2D eigenvalue weighted by Crippen LogP contribution is -2.11. The highest BCUT2D eigenvalue weighted by molar-refractivity contribution is 5.08. The van der Waals surface area contributed by atoms with Crippen LogP contribution in [0.5, 0.6) is 0 Å². The van der Waals surface area contributed by atoms with Gasteiger partial charge in [-0.25, -0.2) is 0 Å². The molecule has 0 bridgehead atoms. The van der Waals surface area contributed by atoms with Gasteiger partial charge in [0.1, 0.15) is 0 Å². The molecule has 1 saturated carbocycles. The summed E-state index contributed by atoms with van der Waals surface area (Å²) in [6.07, 6.45) is 9.06. The van der Waals surface area contributed by atoms with Crippen molar-refractivity contribution in [3.63, 3.8) is 0 Å². The third-order valence-electron chi connectivity index (χ3n) is 2.54. The number of allylic oxidation sites excluding steroid dienone is 1. The molecule has 1 aliphatic carbocycles. The van der Waals surface area contributed by atoms with E-state index in [0.717, 1.165) is 6.54 Å². The average Bonchev–Trinajstić information content (AvgIpc) is 2.52. The van der Waals surface area contributed by atoms with Gasteiger partial charge in [-0.3, -0.25) is 0 Å². The summed E-state index contributed by atoms with van der Waals surface area (Å²) in [5, 5.41) is 0. The Labute approximate surface area is 69.7 Å². The van der Waals surface area contributed by atoms with Crippen molar-refractivity contribution in [1.82, 2.24) is 0 Å². The Balaban J connectivity index is 2.40. The first-order valence-electron chi connectivity index (χ1n) is 4.76. The van der Waals surface area contributed by atoms with E-state index < -0.39 is 0 Å². The fourth-order valence-electron chi connectivity index (χ4n) is 1.68. The molecular formula is C10H19N. The van der Waals surface area contributed by atoms with E-state index in [4.69, 9.17) is 5.73 Å². The minimum absolute atomic E-state index is 0.642. The number of hydrogen-bond acceptors (Lipinski definition) is 1. The Morgan fingerprint density at radius 1 is 1.45 bits per heavy atom. The topological polar surface area (TPSA) is 26.0 Å². The molecule has 1 nitrogen and oxygen atoms in total. The van der Waals surface area contributed by atoms with Gasteiger partial charge in [-0.1, -0.05) is 18.6 Å². The molecule has 2 N–H and O–H groups in total. The van der Waals surface area contributed by atoms with Crippen LogP contribution >= 0.6 is 0 Å². The summed E-state index contributed by atoms with van der Waals surface area (Å²) < 4.78 is 0. The van der Waals surface area contributed by atoms with Gasteiger partial charge in [0.15, 0.2) is 0 Å². The highest BCUT2D eigenvalue weighted by atomic mass is 14.5. The predicted octanol–water partition coefficient (Wildman–Crippen LogP) is 2.47. The molecule has 0 spiro atoms. The molecule has 11 heavy (non-hydrogen) atoms. The Morgan fingerprint density at radius 3 is 2.55 bits per heavy atom. The largest absolute Gasteiger partial charge is 0.330 e. The molecule has 0 aromatic rings. The van der Waals surface area contributed by atoms with Crippen LogP contribution in [0.4, 0.5) is 0 Å². The second-order valence-electron chi connectivity index (χ2n) is 3.44. The van der Waals surface area contributed by atoms with Gasteiger partial charge in [0.05, 0.1) is 0 Å². The molecule has 0 heterocycles. The van der Waals surface area contributed by atoms with E-state index in [1.165, 1.54) is 32.1 Å². The summed E-state index contributed by atoms with van der Waals surface area (Å²) in [4.78, 5) is 0. The van der Waals surface area contributed by atoms with E-state index >= 15 is 0 Å². The van der Waals surface area contributed by atoms with Gasteiger partial charge in [-0.05, 0) is 44.6 Å². The van der Waals surface area contributed by atoms with Crippen molar-refractivity contribution in [2.75, 3.05) is 6.54 Å². The van der Waals surface area contributed by atoms with Gasteiger partial charge in [-0.2, -0.15) is 0 Å². The molecule has 1 unspecified atom stereocenters. The highest BCUT2D eigenvalue weighted by Crippen LogP contribution is 2.25. The molecule has 64 valence electrons. The number of nitrogens with two attached hydrogens (primary N) is 1. The summed E-state index contributed by atoms with van der Waals surface area (Å²) in [5.74, 6) is 0.642. The molecular weight excluding hydrogens is 134 g/mol. The van der Waals surface area contributed by atoms with Crippen molar-refractivity contribution < 1.29 is 0 Å². The molecule has 1 heteroatoms. The molecule has 0 radical (unpaired) electrons. The summed E-state index contributed by atoms with van der Waals surface area (Å²) in [6.45, 7) is 3.03. The van der Waals surface area contributed by atoms with Crippen LogP contribution < -0.4 is 5.73 Å². The Morgan fingerprint density at radius 2 is 2.09 bits per heavy atom. The summed E-state index contributed by atoms with van der Waals surface area (Å²) in [5.41, 5.74) is 7.27. The van der Waals surface area contributed by atoms with Gasteiger partial charge < -0.3 is 5.73 Å². The zero-order valence-corrected chi connectivity index (χ0v) is 7.47. The average molecular weight is 153 g/mol. The van der Waals surface area contributed by atoms with E-state index in [2.05, 4.69) is 13.0 Å². The van der Waals surface area contributed by atoms with Gasteiger partial charge >= 0.3 is 0 Å². The number of hydrogen-bond donors (Lipinski definition) is 1. The minimum Gasteiger partial charge on any atom is -0.330 e. The molecule has 0 aromatic heterocycles. The van der Waals surface area contributed by atoms with Crippen LogP contribution in [-0.2, 0) is 0 Å². The first-order chi connectivity index (χ1) is 5.36. The van der Waals surface area contributed by atoms with Crippen molar-refractivity contribution in [2.24, 2.45) is 11.7 Å². The Kier molecular flexibility index (Phi) is 3.64. The van der Waals surface area contributed by atoms with Crippen molar-refractivity contribution in [3.8, 4) is 0 Å². The Bertz CT molecular complexity index is 126. The van der Waals surface area contributed by atoms with Crippen molar-refractivity contribution in [3.05, 3.63) is 11.6 Å². The fourth-order valence-corrected chi connectivity index (χ4v) is 1.68. The highest BCUT2D eigenvalue weighted by Gasteiger charge is 2.08. The summed E-state index contributed by atoms with van der Waals surface area (Å²) in [7, 11) is 0. The maximum Gasteiger partial charge on any atom is -0.00142 e. The Hall–Kier alpha value is -0.300. The fraction of sp³-hybridized carbons (Fsp3) is 0.800. The first-order valence-corrected chi connectivity index (χ1v) is 4.76. The van der Waals surface area contributed by atoms with E-state index in [-0.39, 0.29) is 0 Å². The second kappa shape index (κ2) is 4.55. The third kappa shape index (κ3) is 2.66. The smallest absolute Gasteiger partial charge is 0.00142 e. The van der Waals surface area contributed by atoms with Crippen molar-refractivity contribution in [1.29, 1.82) is 0 Å². The normalized spacial score (nSPS) is 20.4.